The van der Waals surface area contributed by atoms with Gasteiger partial charge in [-0.2, -0.15) is 0 Å². The summed E-state index contributed by atoms with van der Waals surface area (Å²) >= 11 is 0. The molecule has 0 saturated carbocycles. The second-order valence-corrected chi connectivity index (χ2v) is 5.16. The van der Waals surface area contributed by atoms with Gasteiger partial charge in [0.15, 0.2) is 0 Å². The number of rotatable bonds is 7. The summed E-state index contributed by atoms with van der Waals surface area (Å²) < 4.78 is 0. The third-order valence-corrected chi connectivity index (χ3v) is 2.98. The van der Waals surface area contributed by atoms with Crippen molar-refractivity contribution in [3.63, 3.8) is 0 Å². The van der Waals surface area contributed by atoms with Gasteiger partial charge in [0.25, 0.3) is 0 Å². The van der Waals surface area contributed by atoms with Gasteiger partial charge in [-0.15, -0.1) is 0 Å². The molecular weight excluding hydrogens is 272 g/mol. The molecule has 1 aromatic rings. The number of carbonyl (C=O) groups is 1. The lowest BCUT2D eigenvalue weighted by molar-refractivity contribution is -0.107. The summed E-state index contributed by atoms with van der Waals surface area (Å²) in [5, 5.41) is 0. The maximum Gasteiger partial charge on any atom is 0.214 e. The highest BCUT2D eigenvalue weighted by atomic mass is 16.1. The molecule has 0 fully saturated rings. The maximum absolute atomic E-state index is 11.2. The van der Waals surface area contributed by atoms with Crippen LogP contribution < -0.4 is 10.6 Å². The molecule has 3 heteroatoms. The van der Waals surface area contributed by atoms with Crippen LogP contribution >= 0.6 is 0 Å². The summed E-state index contributed by atoms with van der Waals surface area (Å²) in [6, 6.07) is 7.68. The molecule has 3 nitrogen and oxygen atoms in total. The smallest absolute Gasteiger partial charge is 0.214 e. The van der Waals surface area contributed by atoms with Crippen molar-refractivity contribution in [2.75, 3.05) is 10.6 Å². The van der Waals surface area contributed by atoms with Crippen LogP contribution in [-0.4, -0.2) is 12.5 Å². The van der Waals surface area contributed by atoms with E-state index in [0.29, 0.717) is 5.69 Å². The lowest BCUT2D eigenvalue weighted by atomic mass is 10.1. The van der Waals surface area contributed by atoms with Crippen molar-refractivity contribution < 1.29 is 4.79 Å². The molecule has 1 amide bonds. The number of carbonyl (C=O) groups excluding carboxylic acids is 1. The van der Waals surface area contributed by atoms with Gasteiger partial charge >= 0.3 is 0 Å². The van der Waals surface area contributed by atoms with Gasteiger partial charge in [0, 0.05) is 17.4 Å². The van der Waals surface area contributed by atoms with Gasteiger partial charge in [-0.3, -0.25) is 4.79 Å². The molecule has 1 rings (SSSR count). The predicted molar refractivity (Wildman–Crippen MR) is 100 cm³/mol. The third kappa shape index (κ3) is 10.3. The number of hydrogen-bond donors (Lipinski definition) is 1. The molecule has 1 unspecified atom stereocenters. The summed E-state index contributed by atoms with van der Waals surface area (Å²) in [6.45, 7) is 12.5. The van der Waals surface area contributed by atoms with Crippen molar-refractivity contribution in [1.29, 1.82) is 0 Å². The Hall–Kier alpha value is -1.51. The first-order chi connectivity index (χ1) is 10.6. The molecule has 1 aromatic carbocycles. The van der Waals surface area contributed by atoms with Gasteiger partial charge in [-0.1, -0.05) is 66.4 Å². The van der Waals surface area contributed by atoms with E-state index in [1.807, 2.05) is 38.1 Å². The lowest BCUT2D eigenvalue weighted by Crippen LogP contribution is -2.31. The Morgan fingerprint density at radius 2 is 1.77 bits per heavy atom. The Kier molecular flexibility index (Phi) is 16.4. The van der Waals surface area contributed by atoms with Crippen molar-refractivity contribution in [3.05, 3.63) is 24.3 Å². The fourth-order valence-corrected chi connectivity index (χ4v) is 1.93. The molecule has 0 aliphatic heterocycles. The number of nitrogen functional groups attached to an aromatic ring is 1. The zero-order valence-electron chi connectivity index (χ0n) is 15.4. The van der Waals surface area contributed by atoms with Gasteiger partial charge in [0.05, 0.1) is 0 Å². The number of amides is 1. The molecule has 0 radical (unpaired) electrons. The van der Waals surface area contributed by atoms with Crippen molar-refractivity contribution in [2.24, 2.45) is 0 Å². The quantitative estimate of drug-likeness (QED) is 0.402. The lowest BCUT2D eigenvalue weighted by Gasteiger charge is -2.25. The Labute approximate surface area is 137 Å². The van der Waals surface area contributed by atoms with Crippen LogP contribution in [-0.2, 0) is 4.79 Å². The number of anilines is 2. The standard InChI is InChI=1S/C14H22N2O.C3H8.C2H6/c1-3-4-5-7-12(2)16(11-17)14-9-6-8-13(15)10-14;1-3-2;1-2/h6,8-12H,3-5,7,15H2,1-2H3;3H2,1-2H3;1-2H3. The molecule has 22 heavy (non-hydrogen) atoms. The molecule has 0 aliphatic carbocycles. The van der Waals surface area contributed by atoms with Crippen LogP contribution in [0.3, 0.4) is 0 Å². The van der Waals surface area contributed by atoms with Gasteiger partial charge in [-0.05, 0) is 31.5 Å². The molecule has 2 N–H and O–H groups in total. The Balaban J connectivity index is 0. The number of unbranched alkanes of at least 4 members (excludes halogenated alkanes) is 2. The molecule has 1 atom stereocenters. The Morgan fingerprint density at radius 1 is 1.18 bits per heavy atom. The summed E-state index contributed by atoms with van der Waals surface area (Å²) in [5.74, 6) is 0. The highest BCUT2D eigenvalue weighted by Gasteiger charge is 2.13. The van der Waals surface area contributed by atoms with Gasteiger partial charge in [0.2, 0.25) is 6.41 Å². The second-order valence-electron chi connectivity index (χ2n) is 5.16. The molecule has 0 heterocycles. The van der Waals surface area contributed by atoms with E-state index < -0.39 is 0 Å². The predicted octanol–water partition coefficient (Wildman–Crippen LogP) is 5.64. The molecular formula is C19H36N2O. The van der Waals surface area contributed by atoms with Crippen LogP contribution in [0.25, 0.3) is 0 Å². The van der Waals surface area contributed by atoms with E-state index in [2.05, 4.69) is 27.7 Å². The van der Waals surface area contributed by atoms with E-state index in [1.165, 1.54) is 19.3 Å². The van der Waals surface area contributed by atoms with E-state index in [-0.39, 0.29) is 6.04 Å². The molecule has 128 valence electrons. The normalized spacial score (nSPS) is 10.5. The first-order valence-corrected chi connectivity index (χ1v) is 8.69. The SMILES string of the molecule is CC.CCC.CCCCCC(C)N(C=O)c1cccc(N)c1. The highest BCUT2D eigenvalue weighted by molar-refractivity contribution is 5.77. The van der Waals surface area contributed by atoms with Gasteiger partial charge in [0.1, 0.15) is 0 Å². The number of nitrogens with two attached hydrogens (primary N) is 1. The summed E-state index contributed by atoms with van der Waals surface area (Å²) in [7, 11) is 0. The monoisotopic (exact) mass is 308 g/mol. The summed E-state index contributed by atoms with van der Waals surface area (Å²) in [5.41, 5.74) is 7.30. The fourth-order valence-electron chi connectivity index (χ4n) is 1.93. The number of hydrogen-bond acceptors (Lipinski definition) is 2. The average molecular weight is 309 g/mol. The Morgan fingerprint density at radius 3 is 2.23 bits per heavy atom. The fraction of sp³-hybridized carbons (Fsp3) is 0.632. The van der Waals surface area contributed by atoms with Crippen molar-refractivity contribution in [3.8, 4) is 0 Å². The topological polar surface area (TPSA) is 46.3 Å². The van der Waals surface area contributed by atoms with Gasteiger partial charge in [-0.25, -0.2) is 0 Å². The minimum atomic E-state index is 0.223. The number of nitrogens with zero attached hydrogens (tertiary/aromatic N) is 1. The first-order valence-electron chi connectivity index (χ1n) is 8.69. The highest BCUT2D eigenvalue weighted by Crippen LogP contribution is 2.20. The summed E-state index contributed by atoms with van der Waals surface area (Å²) in [4.78, 5) is 12.9. The molecule has 0 saturated heterocycles. The minimum Gasteiger partial charge on any atom is -0.399 e. The van der Waals surface area contributed by atoms with E-state index in [0.717, 1.165) is 24.9 Å². The molecule has 0 aliphatic rings. The molecule has 0 spiro atoms. The summed E-state index contributed by atoms with van der Waals surface area (Å²) in [6.07, 6.45) is 6.75. The zero-order valence-corrected chi connectivity index (χ0v) is 15.4. The molecule has 0 aromatic heterocycles. The Bertz CT molecular complexity index is 366. The van der Waals surface area contributed by atoms with Crippen molar-refractivity contribution >= 4 is 17.8 Å². The van der Waals surface area contributed by atoms with Crippen LogP contribution in [0.5, 0.6) is 0 Å². The van der Waals surface area contributed by atoms with E-state index in [1.54, 1.807) is 4.90 Å². The zero-order chi connectivity index (χ0) is 17.4. The van der Waals surface area contributed by atoms with Crippen LogP contribution in [0.2, 0.25) is 0 Å². The van der Waals surface area contributed by atoms with Crippen LogP contribution in [0.15, 0.2) is 24.3 Å². The maximum atomic E-state index is 11.2. The van der Waals surface area contributed by atoms with Crippen molar-refractivity contribution in [1.82, 2.24) is 0 Å². The van der Waals surface area contributed by atoms with E-state index >= 15 is 0 Å². The van der Waals surface area contributed by atoms with Crippen molar-refractivity contribution in [2.45, 2.75) is 79.7 Å². The van der Waals surface area contributed by atoms with Crippen LogP contribution in [0.1, 0.15) is 73.6 Å². The first kappa shape index (κ1) is 22.8. The molecule has 0 bridgehead atoms. The van der Waals surface area contributed by atoms with Gasteiger partial charge < -0.3 is 10.6 Å². The minimum absolute atomic E-state index is 0.223. The third-order valence-electron chi connectivity index (χ3n) is 2.98. The largest absolute Gasteiger partial charge is 0.399 e. The van der Waals surface area contributed by atoms with Crippen LogP contribution in [0.4, 0.5) is 11.4 Å². The average Bonchev–Trinajstić information content (AvgIpc) is 2.51. The van der Waals surface area contributed by atoms with Crippen LogP contribution in [0, 0.1) is 0 Å². The van der Waals surface area contributed by atoms with E-state index in [4.69, 9.17) is 5.73 Å². The number of benzene rings is 1. The van der Waals surface area contributed by atoms with E-state index in [9.17, 15) is 4.79 Å². The second kappa shape index (κ2) is 15.9.